The first-order valence-corrected chi connectivity index (χ1v) is 4.75. The number of nitrogens with one attached hydrogen (secondary N) is 1. The maximum Gasteiger partial charge on any atom is 0.307 e. The van der Waals surface area contributed by atoms with Gasteiger partial charge in [0.1, 0.15) is 0 Å². The highest BCUT2D eigenvalue weighted by Crippen LogP contribution is 2.09. The fourth-order valence-electron chi connectivity index (χ4n) is 1.08. The van der Waals surface area contributed by atoms with E-state index in [2.05, 4.69) is 11.9 Å². The highest BCUT2D eigenvalue weighted by molar-refractivity contribution is 5.82. The van der Waals surface area contributed by atoms with E-state index in [1.165, 1.54) is 6.08 Å². The topological polar surface area (TPSA) is 86.6 Å². The van der Waals surface area contributed by atoms with E-state index in [-0.39, 0.29) is 31.4 Å². The molecule has 2 atom stereocenters. The zero-order chi connectivity index (χ0) is 11.8. The average Bonchev–Trinajstić information content (AvgIpc) is 2.16. The lowest BCUT2D eigenvalue weighted by atomic mass is 10.0. The lowest BCUT2D eigenvalue weighted by molar-refractivity contribution is -0.144. The van der Waals surface area contributed by atoms with E-state index in [0.29, 0.717) is 0 Å². The van der Waals surface area contributed by atoms with Crippen LogP contribution >= 0.6 is 0 Å². The Kier molecular flexibility index (Phi) is 6.37. The predicted molar refractivity (Wildman–Crippen MR) is 55.2 cm³/mol. The van der Waals surface area contributed by atoms with Gasteiger partial charge in [0.15, 0.2) is 0 Å². The van der Waals surface area contributed by atoms with Crippen molar-refractivity contribution >= 4 is 11.9 Å². The highest BCUT2D eigenvalue weighted by atomic mass is 16.4. The summed E-state index contributed by atoms with van der Waals surface area (Å²) in [6, 6.07) is -0.351. The Labute approximate surface area is 88.8 Å². The number of carboxylic acids is 1. The second-order valence-corrected chi connectivity index (χ2v) is 3.41. The van der Waals surface area contributed by atoms with Gasteiger partial charge in [0.25, 0.3) is 0 Å². The Balaban J connectivity index is 4.10. The van der Waals surface area contributed by atoms with Gasteiger partial charge >= 0.3 is 5.97 Å². The molecule has 0 aliphatic carbocycles. The molecule has 0 radical (unpaired) electrons. The van der Waals surface area contributed by atoms with Crippen molar-refractivity contribution < 1.29 is 19.8 Å². The van der Waals surface area contributed by atoms with Gasteiger partial charge in [-0.25, -0.2) is 0 Å². The minimum atomic E-state index is -1.01. The monoisotopic (exact) mass is 215 g/mol. The van der Waals surface area contributed by atoms with Crippen molar-refractivity contribution in [2.24, 2.45) is 5.92 Å². The van der Waals surface area contributed by atoms with Gasteiger partial charge in [-0.15, -0.1) is 6.58 Å². The molecule has 0 saturated carbocycles. The Hall–Kier alpha value is -1.36. The molecule has 0 aromatic heterocycles. The summed E-state index contributed by atoms with van der Waals surface area (Å²) in [5.74, 6) is -2.12. The SMILES string of the molecule is C=CC[C@H](CC(=O)N[C@@H](C)CO)C(=O)O. The Morgan fingerprint density at radius 2 is 2.13 bits per heavy atom. The summed E-state index contributed by atoms with van der Waals surface area (Å²) >= 11 is 0. The molecule has 86 valence electrons. The second kappa shape index (κ2) is 7.00. The van der Waals surface area contributed by atoms with E-state index in [4.69, 9.17) is 10.2 Å². The van der Waals surface area contributed by atoms with Crippen molar-refractivity contribution in [3.8, 4) is 0 Å². The van der Waals surface area contributed by atoms with E-state index >= 15 is 0 Å². The van der Waals surface area contributed by atoms with Gasteiger partial charge < -0.3 is 15.5 Å². The molecule has 15 heavy (non-hydrogen) atoms. The quantitative estimate of drug-likeness (QED) is 0.528. The van der Waals surface area contributed by atoms with Crippen LogP contribution in [0.4, 0.5) is 0 Å². The molecule has 0 aliphatic heterocycles. The van der Waals surface area contributed by atoms with Crippen LogP contribution in [-0.4, -0.2) is 34.7 Å². The molecular weight excluding hydrogens is 198 g/mol. The van der Waals surface area contributed by atoms with Crippen molar-refractivity contribution in [3.05, 3.63) is 12.7 Å². The molecule has 0 unspecified atom stereocenters. The van der Waals surface area contributed by atoms with Gasteiger partial charge in [-0.2, -0.15) is 0 Å². The molecule has 0 heterocycles. The fraction of sp³-hybridized carbons (Fsp3) is 0.600. The summed E-state index contributed by atoms with van der Waals surface area (Å²) in [5, 5.41) is 19.9. The van der Waals surface area contributed by atoms with Crippen molar-refractivity contribution in [2.45, 2.75) is 25.8 Å². The van der Waals surface area contributed by atoms with Crippen molar-refractivity contribution in [1.29, 1.82) is 0 Å². The Morgan fingerprint density at radius 3 is 2.53 bits per heavy atom. The fourth-order valence-corrected chi connectivity index (χ4v) is 1.08. The van der Waals surface area contributed by atoms with E-state index in [0.717, 1.165) is 0 Å². The van der Waals surface area contributed by atoms with Crippen molar-refractivity contribution in [3.63, 3.8) is 0 Å². The zero-order valence-corrected chi connectivity index (χ0v) is 8.77. The van der Waals surface area contributed by atoms with Crippen LogP contribution in [-0.2, 0) is 9.59 Å². The number of aliphatic hydroxyl groups is 1. The molecule has 3 N–H and O–H groups in total. The standard InChI is InChI=1S/C10H17NO4/c1-3-4-8(10(14)15)5-9(13)11-7(2)6-12/h3,7-8,12H,1,4-6H2,2H3,(H,11,13)(H,14,15)/t7-,8+/m0/s1. The van der Waals surface area contributed by atoms with Gasteiger partial charge in [-0.3, -0.25) is 9.59 Å². The number of carbonyl (C=O) groups excluding carboxylic acids is 1. The summed E-state index contributed by atoms with van der Waals surface area (Å²) in [5.41, 5.74) is 0. The maximum absolute atomic E-state index is 11.3. The van der Waals surface area contributed by atoms with E-state index in [1.54, 1.807) is 6.92 Å². The van der Waals surface area contributed by atoms with Gasteiger partial charge in [0.2, 0.25) is 5.91 Å². The van der Waals surface area contributed by atoms with Crippen LogP contribution in [0.3, 0.4) is 0 Å². The van der Waals surface area contributed by atoms with Crippen LogP contribution in [0.15, 0.2) is 12.7 Å². The van der Waals surface area contributed by atoms with Crippen LogP contribution in [0.2, 0.25) is 0 Å². The number of carbonyl (C=O) groups is 2. The third-order valence-corrected chi connectivity index (χ3v) is 1.91. The number of allylic oxidation sites excluding steroid dienone is 1. The lowest BCUT2D eigenvalue weighted by Crippen LogP contribution is -2.36. The van der Waals surface area contributed by atoms with Crippen molar-refractivity contribution in [2.75, 3.05) is 6.61 Å². The number of aliphatic carboxylic acids is 1. The summed E-state index contributed by atoms with van der Waals surface area (Å²) in [7, 11) is 0. The highest BCUT2D eigenvalue weighted by Gasteiger charge is 2.20. The van der Waals surface area contributed by atoms with E-state index < -0.39 is 11.9 Å². The number of carboxylic acid groups (broad SMARTS) is 1. The molecular formula is C10H17NO4. The molecule has 1 amide bonds. The van der Waals surface area contributed by atoms with Gasteiger partial charge in [-0.05, 0) is 13.3 Å². The van der Waals surface area contributed by atoms with Crippen LogP contribution in [0.5, 0.6) is 0 Å². The first kappa shape index (κ1) is 13.6. The molecule has 0 saturated heterocycles. The number of hydrogen-bond donors (Lipinski definition) is 3. The number of aliphatic hydroxyl groups excluding tert-OH is 1. The lowest BCUT2D eigenvalue weighted by Gasteiger charge is -2.13. The Bertz CT molecular complexity index is 240. The first-order chi connectivity index (χ1) is 7.01. The molecule has 0 bridgehead atoms. The van der Waals surface area contributed by atoms with Crippen LogP contribution in [0.1, 0.15) is 19.8 Å². The summed E-state index contributed by atoms with van der Waals surface area (Å²) in [4.78, 5) is 22.0. The van der Waals surface area contributed by atoms with E-state index in [9.17, 15) is 9.59 Å². The minimum absolute atomic E-state index is 0.0916. The smallest absolute Gasteiger partial charge is 0.307 e. The van der Waals surface area contributed by atoms with Crippen LogP contribution in [0, 0.1) is 5.92 Å². The molecule has 0 aliphatic rings. The third kappa shape index (κ3) is 5.85. The van der Waals surface area contributed by atoms with Gasteiger partial charge in [0, 0.05) is 12.5 Å². The molecule has 5 heteroatoms. The minimum Gasteiger partial charge on any atom is -0.481 e. The molecule has 0 aromatic carbocycles. The molecule has 5 nitrogen and oxygen atoms in total. The van der Waals surface area contributed by atoms with Crippen LogP contribution < -0.4 is 5.32 Å². The average molecular weight is 215 g/mol. The third-order valence-electron chi connectivity index (χ3n) is 1.91. The number of amides is 1. The molecule has 0 rings (SSSR count). The largest absolute Gasteiger partial charge is 0.481 e. The maximum atomic E-state index is 11.3. The summed E-state index contributed by atoms with van der Waals surface area (Å²) in [6.45, 7) is 4.91. The molecule has 0 spiro atoms. The summed E-state index contributed by atoms with van der Waals surface area (Å²) < 4.78 is 0. The Morgan fingerprint density at radius 1 is 1.53 bits per heavy atom. The number of hydrogen-bond acceptors (Lipinski definition) is 3. The second-order valence-electron chi connectivity index (χ2n) is 3.41. The van der Waals surface area contributed by atoms with Crippen molar-refractivity contribution in [1.82, 2.24) is 5.32 Å². The first-order valence-electron chi connectivity index (χ1n) is 4.75. The summed E-state index contributed by atoms with van der Waals surface area (Å²) in [6.07, 6.45) is 1.64. The number of rotatable bonds is 7. The normalized spacial score (nSPS) is 14.0. The van der Waals surface area contributed by atoms with Crippen LogP contribution in [0.25, 0.3) is 0 Å². The van der Waals surface area contributed by atoms with Gasteiger partial charge in [-0.1, -0.05) is 6.08 Å². The molecule has 0 aromatic rings. The van der Waals surface area contributed by atoms with Gasteiger partial charge in [0.05, 0.1) is 12.5 Å². The molecule has 0 fully saturated rings. The zero-order valence-electron chi connectivity index (χ0n) is 8.77. The predicted octanol–water partition coefficient (Wildman–Crippen LogP) is 0.150. The van der Waals surface area contributed by atoms with E-state index in [1.807, 2.05) is 0 Å².